The molecule has 0 aliphatic heterocycles. The van der Waals surface area contributed by atoms with Gasteiger partial charge in [0.15, 0.2) is 0 Å². The molecule has 1 aliphatic rings. The number of sulfonamides is 1. The van der Waals surface area contributed by atoms with Crippen LogP contribution in [0.4, 0.5) is 11.4 Å². The van der Waals surface area contributed by atoms with Crippen molar-refractivity contribution in [3.63, 3.8) is 0 Å². The molecule has 0 spiro atoms. The van der Waals surface area contributed by atoms with Crippen molar-refractivity contribution in [2.45, 2.75) is 69.4 Å². The minimum atomic E-state index is -4.60. The number of hydrogen-bond donors (Lipinski definition) is 1. The van der Waals surface area contributed by atoms with E-state index < -0.39 is 38.3 Å². The second-order valence-electron chi connectivity index (χ2n) is 11.4. The highest BCUT2D eigenvalue weighted by Gasteiger charge is 2.35. The van der Waals surface area contributed by atoms with Gasteiger partial charge in [0, 0.05) is 29.2 Å². The van der Waals surface area contributed by atoms with E-state index in [0.717, 1.165) is 48.0 Å². The highest BCUT2D eigenvalue weighted by molar-refractivity contribution is 7.92. The molecule has 3 aromatic rings. The Hall–Kier alpha value is -4.16. The zero-order chi connectivity index (χ0) is 33.4. The smallest absolute Gasteiger partial charge is 0.273 e. The van der Waals surface area contributed by atoms with Gasteiger partial charge < -0.3 is 15.0 Å². The van der Waals surface area contributed by atoms with E-state index in [2.05, 4.69) is 5.32 Å². The molecule has 2 amide bonds. The molecule has 0 aromatic heterocycles. The van der Waals surface area contributed by atoms with Crippen LogP contribution in [-0.4, -0.2) is 62.3 Å². The Kier molecular flexibility index (Phi) is 11.6. The summed E-state index contributed by atoms with van der Waals surface area (Å²) in [5, 5.41) is 14.9. The third-order valence-electron chi connectivity index (χ3n) is 8.26. The molecule has 246 valence electrons. The largest absolute Gasteiger partial charge is 0.495 e. The van der Waals surface area contributed by atoms with Crippen molar-refractivity contribution in [1.82, 2.24) is 10.2 Å². The van der Waals surface area contributed by atoms with Crippen molar-refractivity contribution in [2.24, 2.45) is 0 Å². The molecule has 0 unspecified atom stereocenters. The number of anilines is 1. The molecule has 46 heavy (non-hydrogen) atoms. The minimum Gasteiger partial charge on any atom is -0.495 e. The van der Waals surface area contributed by atoms with Crippen molar-refractivity contribution in [3.8, 4) is 5.75 Å². The number of benzene rings is 3. The summed E-state index contributed by atoms with van der Waals surface area (Å²) in [7, 11) is -3.25. The van der Waals surface area contributed by atoms with Gasteiger partial charge >= 0.3 is 0 Å². The Morgan fingerprint density at radius 2 is 1.76 bits per heavy atom. The number of halogens is 1. The molecular formula is C33H39ClN4O7S. The fourth-order valence-corrected chi connectivity index (χ4v) is 7.19. The zero-order valence-corrected chi connectivity index (χ0v) is 27.7. The predicted molar refractivity (Wildman–Crippen MR) is 177 cm³/mol. The fourth-order valence-electron chi connectivity index (χ4n) is 5.58. The van der Waals surface area contributed by atoms with E-state index >= 15 is 0 Å². The monoisotopic (exact) mass is 670 g/mol. The molecule has 1 saturated carbocycles. The number of amides is 2. The van der Waals surface area contributed by atoms with Crippen LogP contribution in [-0.2, 0) is 26.0 Å². The van der Waals surface area contributed by atoms with Gasteiger partial charge in [0.05, 0.1) is 22.6 Å². The van der Waals surface area contributed by atoms with Gasteiger partial charge in [-0.05, 0) is 62.9 Å². The lowest BCUT2D eigenvalue weighted by Crippen LogP contribution is -2.53. The first kappa shape index (κ1) is 34.7. The van der Waals surface area contributed by atoms with E-state index in [-0.39, 0.29) is 46.2 Å². The number of hydrogen-bond acceptors (Lipinski definition) is 7. The topological polar surface area (TPSA) is 139 Å². The average molecular weight is 671 g/mol. The van der Waals surface area contributed by atoms with E-state index in [1.165, 1.54) is 49.3 Å². The second-order valence-corrected chi connectivity index (χ2v) is 13.7. The number of ether oxygens (including phenoxy) is 1. The third kappa shape index (κ3) is 8.35. The van der Waals surface area contributed by atoms with Gasteiger partial charge in [-0.1, -0.05) is 67.3 Å². The Labute approximate surface area is 274 Å². The molecule has 0 saturated heterocycles. The van der Waals surface area contributed by atoms with Crippen molar-refractivity contribution in [2.75, 3.05) is 24.5 Å². The van der Waals surface area contributed by atoms with Crippen LogP contribution < -0.4 is 14.4 Å². The maximum atomic E-state index is 14.3. The van der Waals surface area contributed by atoms with Crippen LogP contribution in [0.25, 0.3) is 0 Å². The van der Waals surface area contributed by atoms with E-state index in [1.807, 2.05) is 30.3 Å². The van der Waals surface area contributed by atoms with Gasteiger partial charge in [-0.15, -0.1) is 0 Å². The third-order valence-corrected chi connectivity index (χ3v) is 10.2. The molecule has 13 heteroatoms. The number of rotatable bonds is 13. The molecule has 1 fully saturated rings. The lowest BCUT2D eigenvalue weighted by Gasteiger charge is -2.33. The van der Waals surface area contributed by atoms with Gasteiger partial charge in [0.25, 0.3) is 15.7 Å². The highest BCUT2D eigenvalue weighted by atomic mass is 35.5. The van der Waals surface area contributed by atoms with Gasteiger partial charge in [0.2, 0.25) is 11.8 Å². The van der Waals surface area contributed by atoms with Crippen LogP contribution in [0.1, 0.15) is 50.2 Å². The number of aryl methyl sites for hydroxylation is 1. The summed E-state index contributed by atoms with van der Waals surface area (Å²) in [6.45, 7) is 2.54. The first-order valence-corrected chi connectivity index (χ1v) is 17.0. The maximum absolute atomic E-state index is 14.3. The molecule has 4 rings (SSSR count). The summed E-state index contributed by atoms with van der Waals surface area (Å²) in [6.07, 6.45) is 5.29. The van der Waals surface area contributed by atoms with E-state index in [4.69, 9.17) is 16.3 Å². The van der Waals surface area contributed by atoms with Crippen LogP contribution in [0.15, 0.2) is 71.6 Å². The first-order valence-electron chi connectivity index (χ1n) is 15.2. The number of carbonyl (C=O) groups is 2. The van der Waals surface area contributed by atoms with Crippen LogP contribution in [0.2, 0.25) is 5.02 Å². The normalized spacial score (nSPS) is 14.3. The predicted octanol–water partition coefficient (Wildman–Crippen LogP) is 5.67. The number of methoxy groups -OCH3 is 1. The SMILES string of the molecule is COc1ccc(Cl)cc1N(CC(=O)N(CCc1ccccc1)[C@@H](C)C(=O)NC1CCCCC1)S(=O)(=O)c1ccc(C)c([N+](=O)[O-])c1. The summed E-state index contributed by atoms with van der Waals surface area (Å²) in [6, 6.07) is 16.4. The molecule has 0 heterocycles. The highest BCUT2D eigenvalue weighted by Crippen LogP contribution is 2.36. The molecule has 0 bridgehead atoms. The van der Waals surface area contributed by atoms with E-state index in [1.54, 1.807) is 6.92 Å². The Morgan fingerprint density at radius 3 is 2.41 bits per heavy atom. The second kappa shape index (κ2) is 15.4. The minimum absolute atomic E-state index is 0.0136. The van der Waals surface area contributed by atoms with Crippen molar-refractivity contribution in [3.05, 3.63) is 93.0 Å². The standard InChI is InChI=1S/C33H39ClN4O7S/c1-23-14-16-28(21-29(23)38(41)42)46(43,44)37(30-20-26(34)15-17-31(30)45-3)22-32(39)36(19-18-25-10-6-4-7-11-25)24(2)33(40)35-27-12-8-5-9-13-27/h4,6-7,10-11,14-17,20-21,24,27H,5,8-9,12-13,18-19,22H2,1-3H3,(H,35,40)/t24-/m0/s1. The quantitative estimate of drug-likeness (QED) is 0.183. The number of nitro benzene ring substituents is 1. The van der Waals surface area contributed by atoms with Gasteiger partial charge in [-0.3, -0.25) is 24.0 Å². The number of nitro groups is 1. The maximum Gasteiger partial charge on any atom is 0.273 e. The molecule has 1 N–H and O–H groups in total. The lowest BCUT2D eigenvalue weighted by atomic mass is 9.95. The van der Waals surface area contributed by atoms with Crippen LogP contribution in [0.5, 0.6) is 5.75 Å². The zero-order valence-electron chi connectivity index (χ0n) is 26.1. The van der Waals surface area contributed by atoms with E-state index in [9.17, 15) is 28.1 Å². The average Bonchev–Trinajstić information content (AvgIpc) is 3.04. The molecule has 1 atom stereocenters. The Morgan fingerprint density at radius 1 is 1.07 bits per heavy atom. The number of carbonyl (C=O) groups excluding carboxylic acids is 2. The lowest BCUT2D eigenvalue weighted by molar-refractivity contribution is -0.385. The Bertz CT molecular complexity index is 1660. The summed E-state index contributed by atoms with van der Waals surface area (Å²) in [4.78, 5) is 39.7. The summed E-state index contributed by atoms with van der Waals surface area (Å²) in [5.74, 6) is -0.854. The van der Waals surface area contributed by atoms with Gasteiger partial charge in [-0.2, -0.15) is 0 Å². The molecular weight excluding hydrogens is 632 g/mol. The van der Waals surface area contributed by atoms with Crippen molar-refractivity contribution < 1.29 is 27.7 Å². The van der Waals surface area contributed by atoms with Crippen LogP contribution in [0, 0.1) is 17.0 Å². The van der Waals surface area contributed by atoms with Crippen molar-refractivity contribution in [1.29, 1.82) is 0 Å². The summed E-state index contributed by atoms with van der Waals surface area (Å²) in [5.41, 5.74) is 0.793. The summed E-state index contributed by atoms with van der Waals surface area (Å²) < 4.78 is 34.8. The van der Waals surface area contributed by atoms with Crippen molar-refractivity contribution >= 4 is 44.8 Å². The molecule has 3 aromatic carbocycles. The Balaban J connectivity index is 1.74. The fraction of sp³-hybridized carbons (Fsp3) is 0.394. The van der Waals surface area contributed by atoms with E-state index in [0.29, 0.717) is 6.42 Å². The number of nitrogens with zero attached hydrogens (tertiary/aromatic N) is 3. The van der Waals surface area contributed by atoms with Crippen LogP contribution >= 0.6 is 11.6 Å². The van der Waals surface area contributed by atoms with Crippen LogP contribution in [0.3, 0.4) is 0 Å². The van der Waals surface area contributed by atoms with Gasteiger partial charge in [-0.25, -0.2) is 8.42 Å². The number of nitrogens with one attached hydrogen (secondary N) is 1. The van der Waals surface area contributed by atoms with Gasteiger partial charge in [0.1, 0.15) is 18.3 Å². The molecule has 11 nitrogen and oxygen atoms in total. The first-order chi connectivity index (χ1) is 21.9. The molecule has 1 aliphatic carbocycles. The summed E-state index contributed by atoms with van der Waals surface area (Å²) >= 11 is 6.29. The molecule has 0 radical (unpaired) electrons.